The lowest BCUT2D eigenvalue weighted by Crippen LogP contribution is -2.13. The van der Waals surface area contributed by atoms with E-state index >= 15 is 0 Å². The molecule has 8 heteroatoms. The predicted octanol–water partition coefficient (Wildman–Crippen LogP) is 3.82. The largest absolute Gasteiger partial charge is 0.491 e. The van der Waals surface area contributed by atoms with Gasteiger partial charge in [-0.05, 0) is 25.0 Å². The third-order valence-corrected chi connectivity index (χ3v) is 3.73. The van der Waals surface area contributed by atoms with Crippen LogP contribution in [0.15, 0.2) is 24.3 Å². The number of non-ortho nitro benzene ring substituents is 1. The van der Waals surface area contributed by atoms with E-state index in [0.29, 0.717) is 45.4 Å². The lowest BCUT2D eigenvalue weighted by Gasteiger charge is -2.08. The summed E-state index contributed by atoms with van der Waals surface area (Å²) in [5.74, 6) is 1.31. The Kier molecular flexibility index (Phi) is 13.8. The van der Waals surface area contributed by atoms with Crippen LogP contribution in [0.5, 0.6) is 5.75 Å². The molecule has 0 unspecified atom stereocenters. The second-order valence-electron chi connectivity index (χ2n) is 5.54. The Morgan fingerprint density at radius 3 is 1.88 bits per heavy atom. The number of nitro benzene ring substituents is 1. The molecule has 1 aromatic carbocycles. The van der Waals surface area contributed by atoms with Gasteiger partial charge in [-0.25, -0.2) is 0 Å². The summed E-state index contributed by atoms with van der Waals surface area (Å²) < 4.78 is 21.7. The van der Waals surface area contributed by atoms with Crippen molar-refractivity contribution in [3.05, 3.63) is 34.4 Å². The highest BCUT2D eigenvalue weighted by molar-refractivity contribution is 6.17. The van der Waals surface area contributed by atoms with Gasteiger partial charge in [0, 0.05) is 24.6 Å². The second kappa shape index (κ2) is 15.8. The minimum Gasteiger partial charge on any atom is -0.491 e. The fourth-order valence-electron chi connectivity index (χ4n) is 2.08. The molecule has 1 rings (SSSR count). The van der Waals surface area contributed by atoms with Gasteiger partial charge in [0.25, 0.3) is 5.69 Å². The maximum atomic E-state index is 10.5. The molecule has 0 heterocycles. The zero-order valence-corrected chi connectivity index (χ0v) is 15.8. The first-order valence-electron chi connectivity index (χ1n) is 8.90. The standard InChI is InChI=1S/C18H28ClNO6/c19-9-3-1-2-4-10-23-11-12-24-13-14-25-15-16-26-18-7-5-17(6-8-18)20(21)22/h5-8H,1-4,9-16H2. The van der Waals surface area contributed by atoms with Gasteiger partial charge in [0.1, 0.15) is 12.4 Å². The number of alkyl halides is 1. The van der Waals surface area contributed by atoms with Crippen LogP contribution < -0.4 is 4.74 Å². The molecule has 0 fully saturated rings. The summed E-state index contributed by atoms with van der Waals surface area (Å²) in [5.41, 5.74) is 0.0426. The lowest BCUT2D eigenvalue weighted by atomic mass is 10.2. The molecule has 7 nitrogen and oxygen atoms in total. The highest BCUT2D eigenvalue weighted by Crippen LogP contribution is 2.16. The minimum atomic E-state index is -0.443. The molecule has 0 spiro atoms. The van der Waals surface area contributed by atoms with Crippen molar-refractivity contribution >= 4 is 17.3 Å². The van der Waals surface area contributed by atoms with Crippen LogP contribution in [0, 0.1) is 10.1 Å². The maximum Gasteiger partial charge on any atom is 0.269 e. The molecule has 148 valence electrons. The van der Waals surface area contributed by atoms with Gasteiger partial charge in [0.15, 0.2) is 0 Å². The van der Waals surface area contributed by atoms with Crippen LogP contribution in [0.4, 0.5) is 5.69 Å². The van der Waals surface area contributed by atoms with E-state index in [4.69, 9.17) is 30.5 Å². The van der Waals surface area contributed by atoms with Crippen molar-refractivity contribution in [2.45, 2.75) is 25.7 Å². The minimum absolute atomic E-state index is 0.0426. The molecule has 0 saturated carbocycles. The first-order chi connectivity index (χ1) is 12.7. The van der Waals surface area contributed by atoms with Gasteiger partial charge in [-0.1, -0.05) is 12.8 Å². The highest BCUT2D eigenvalue weighted by Gasteiger charge is 2.04. The van der Waals surface area contributed by atoms with Crippen molar-refractivity contribution in [3.63, 3.8) is 0 Å². The topological polar surface area (TPSA) is 80.1 Å². The number of ether oxygens (including phenoxy) is 4. The van der Waals surface area contributed by atoms with Gasteiger partial charge >= 0.3 is 0 Å². The van der Waals surface area contributed by atoms with Gasteiger partial charge in [-0.3, -0.25) is 10.1 Å². The van der Waals surface area contributed by atoms with E-state index < -0.39 is 4.92 Å². The number of nitrogens with zero attached hydrogens (tertiary/aromatic N) is 1. The van der Waals surface area contributed by atoms with E-state index in [2.05, 4.69) is 0 Å². The van der Waals surface area contributed by atoms with E-state index in [1.165, 1.54) is 12.1 Å². The number of nitro groups is 1. The fourth-order valence-corrected chi connectivity index (χ4v) is 2.27. The Morgan fingerprint density at radius 2 is 1.31 bits per heavy atom. The first-order valence-corrected chi connectivity index (χ1v) is 9.44. The Labute approximate surface area is 159 Å². The Balaban J connectivity index is 1.83. The molecule has 0 atom stereocenters. The number of benzene rings is 1. The van der Waals surface area contributed by atoms with Crippen molar-refractivity contribution in [3.8, 4) is 5.75 Å². The van der Waals surface area contributed by atoms with Crippen molar-refractivity contribution in [1.82, 2.24) is 0 Å². The van der Waals surface area contributed by atoms with Crippen molar-refractivity contribution in [2.24, 2.45) is 0 Å². The van der Waals surface area contributed by atoms with E-state index in [1.807, 2.05) is 0 Å². The number of unbranched alkanes of at least 4 members (excludes halogenated alkanes) is 3. The van der Waals surface area contributed by atoms with Gasteiger partial charge < -0.3 is 18.9 Å². The summed E-state index contributed by atoms with van der Waals surface area (Å²) in [6.45, 7) is 3.73. The van der Waals surface area contributed by atoms with Crippen LogP contribution in [-0.2, 0) is 14.2 Å². The van der Waals surface area contributed by atoms with Crippen molar-refractivity contribution < 1.29 is 23.9 Å². The SMILES string of the molecule is O=[N+]([O-])c1ccc(OCCOCCOCCOCCCCCCCl)cc1. The molecule has 0 amide bonds. The first kappa shape index (κ1) is 22.6. The van der Waals surface area contributed by atoms with Crippen molar-refractivity contribution in [1.29, 1.82) is 0 Å². The second-order valence-corrected chi connectivity index (χ2v) is 5.92. The molecule has 0 N–H and O–H groups in total. The van der Waals surface area contributed by atoms with Crippen LogP contribution in [0.1, 0.15) is 25.7 Å². The molecule has 0 aliphatic rings. The quantitative estimate of drug-likeness (QED) is 0.174. The highest BCUT2D eigenvalue weighted by atomic mass is 35.5. The van der Waals surface area contributed by atoms with Gasteiger partial charge in [-0.15, -0.1) is 11.6 Å². The molecule has 0 aliphatic heterocycles. The van der Waals surface area contributed by atoms with Crippen LogP contribution >= 0.6 is 11.6 Å². The molecule has 0 aromatic heterocycles. The zero-order chi connectivity index (χ0) is 18.9. The Bertz CT molecular complexity index is 471. The number of hydrogen-bond donors (Lipinski definition) is 0. The summed E-state index contributed by atoms with van der Waals surface area (Å²) in [6, 6.07) is 5.95. The summed E-state index contributed by atoms with van der Waals surface area (Å²) in [6.07, 6.45) is 4.45. The summed E-state index contributed by atoms with van der Waals surface area (Å²) in [4.78, 5) is 10.1. The maximum absolute atomic E-state index is 10.5. The Morgan fingerprint density at radius 1 is 0.769 bits per heavy atom. The third kappa shape index (κ3) is 12.0. The van der Waals surface area contributed by atoms with E-state index in [9.17, 15) is 10.1 Å². The smallest absolute Gasteiger partial charge is 0.269 e. The van der Waals surface area contributed by atoms with Gasteiger partial charge in [0.05, 0.1) is 38.0 Å². The van der Waals surface area contributed by atoms with E-state index in [-0.39, 0.29) is 5.69 Å². The molecule has 26 heavy (non-hydrogen) atoms. The molecular weight excluding hydrogens is 362 g/mol. The van der Waals surface area contributed by atoms with Crippen LogP contribution in [0.2, 0.25) is 0 Å². The molecule has 0 aliphatic carbocycles. The van der Waals surface area contributed by atoms with Crippen LogP contribution in [0.3, 0.4) is 0 Å². The third-order valence-electron chi connectivity index (χ3n) is 3.46. The molecule has 1 aromatic rings. The summed E-state index contributed by atoms with van der Waals surface area (Å²) >= 11 is 5.61. The number of halogens is 1. The van der Waals surface area contributed by atoms with Crippen molar-refractivity contribution in [2.75, 3.05) is 52.1 Å². The summed E-state index contributed by atoms with van der Waals surface area (Å²) in [7, 11) is 0. The molecular formula is C18H28ClNO6. The normalized spacial score (nSPS) is 10.8. The van der Waals surface area contributed by atoms with Crippen LogP contribution in [-0.4, -0.2) is 57.1 Å². The summed E-state index contributed by atoms with van der Waals surface area (Å²) in [5, 5.41) is 10.5. The predicted molar refractivity (Wildman–Crippen MR) is 100 cm³/mol. The van der Waals surface area contributed by atoms with Crippen LogP contribution in [0.25, 0.3) is 0 Å². The van der Waals surface area contributed by atoms with Gasteiger partial charge in [-0.2, -0.15) is 0 Å². The average Bonchev–Trinajstić information content (AvgIpc) is 2.65. The number of rotatable bonds is 17. The zero-order valence-electron chi connectivity index (χ0n) is 15.1. The van der Waals surface area contributed by atoms with Gasteiger partial charge in [0.2, 0.25) is 0 Å². The fraction of sp³-hybridized carbons (Fsp3) is 0.667. The lowest BCUT2D eigenvalue weighted by molar-refractivity contribution is -0.384. The molecule has 0 radical (unpaired) electrons. The van der Waals surface area contributed by atoms with E-state index in [1.54, 1.807) is 12.1 Å². The average molecular weight is 390 g/mol. The molecule has 0 bridgehead atoms. The monoisotopic (exact) mass is 389 g/mol. The Hall–Kier alpha value is -1.41. The molecule has 0 saturated heterocycles. The van der Waals surface area contributed by atoms with E-state index in [0.717, 1.165) is 38.2 Å². The number of hydrogen-bond acceptors (Lipinski definition) is 6.